The highest BCUT2D eigenvalue weighted by Gasteiger charge is 2.20. The van der Waals surface area contributed by atoms with Crippen LogP contribution in [0, 0.1) is 0 Å². The van der Waals surface area contributed by atoms with E-state index in [1.54, 1.807) is 12.1 Å². The van der Waals surface area contributed by atoms with Gasteiger partial charge in [0.1, 0.15) is 16.8 Å². The average Bonchev–Trinajstić information content (AvgIpc) is 2.63. The molecule has 0 spiro atoms. The Kier molecular flexibility index (Phi) is 14.7. The average molecular weight is 563 g/mol. The minimum Gasteiger partial charge on any atom is -0.490 e. The summed E-state index contributed by atoms with van der Waals surface area (Å²) in [6, 6.07) is 3.23. The summed E-state index contributed by atoms with van der Waals surface area (Å²) in [4.78, 5) is 4.79. The van der Waals surface area contributed by atoms with Gasteiger partial charge >= 0.3 is 0 Å². The first-order valence-electron chi connectivity index (χ1n) is 8.73. The Morgan fingerprint density at radius 1 is 0.933 bits per heavy atom. The van der Waals surface area contributed by atoms with Gasteiger partial charge < -0.3 is 19.0 Å². The van der Waals surface area contributed by atoms with Crippen LogP contribution < -0.4 is 9.47 Å². The molecule has 0 aliphatic rings. The molecule has 0 atom stereocenters. The summed E-state index contributed by atoms with van der Waals surface area (Å²) in [7, 11) is 0. The largest absolute Gasteiger partial charge is 0.490 e. The quantitative estimate of drug-likeness (QED) is 0.101. The highest BCUT2D eigenvalue weighted by molar-refractivity contribution is 6.67. The third-order valence-corrected chi connectivity index (χ3v) is 4.41. The van der Waals surface area contributed by atoms with E-state index in [0.717, 1.165) is 19.3 Å². The lowest BCUT2D eigenvalue weighted by atomic mass is 10.2. The maximum atomic E-state index is 6.21. The van der Waals surface area contributed by atoms with Crippen LogP contribution in [0.15, 0.2) is 27.9 Å². The summed E-state index contributed by atoms with van der Waals surface area (Å²) in [5, 5.41) is 4.33. The van der Waals surface area contributed by atoms with Crippen LogP contribution in [0.3, 0.4) is 0 Å². The molecule has 5 nitrogen and oxygen atoms in total. The van der Waals surface area contributed by atoms with E-state index in [1.165, 1.54) is 12.3 Å². The SMILES string of the molecule is ClC(Cl)=CCOc1cc(Cl)c(OCCCCCOC/C=N/OCC(Cl)(Cl)Cl)c(Cl)c1. The van der Waals surface area contributed by atoms with Crippen LogP contribution in [0.2, 0.25) is 10.0 Å². The number of oxime groups is 1. The van der Waals surface area contributed by atoms with Crippen molar-refractivity contribution < 1.29 is 19.0 Å². The molecule has 0 saturated heterocycles. The van der Waals surface area contributed by atoms with Crippen LogP contribution in [0.4, 0.5) is 0 Å². The summed E-state index contributed by atoms with van der Waals surface area (Å²) in [6.07, 6.45) is 5.54. The van der Waals surface area contributed by atoms with E-state index in [2.05, 4.69) is 5.16 Å². The third kappa shape index (κ3) is 14.2. The van der Waals surface area contributed by atoms with Gasteiger partial charge in [-0.15, -0.1) is 0 Å². The normalized spacial score (nSPS) is 11.6. The zero-order valence-electron chi connectivity index (χ0n) is 15.7. The van der Waals surface area contributed by atoms with Gasteiger partial charge in [-0.05, 0) is 25.3 Å². The Morgan fingerprint density at radius 2 is 1.60 bits per heavy atom. The van der Waals surface area contributed by atoms with E-state index in [1.807, 2.05) is 0 Å². The molecule has 30 heavy (non-hydrogen) atoms. The van der Waals surface area contributed by atoms with Crippen molar-refractivity contribution >= 4 is 87.4 Å². The van der Waals surface area contributed by atoms with Crippen LogP contribution in [-0.2, 0) is 9.57 Å². The topological polar surface area (TPSA) is 49.3 Å². The third-order valence-electron chi connectivity index (χ3n) is 3.21. The first kappa shape index (κ1) is 28.1. The Hall–Kier alpha value is 0.0200. The monoisotopic (exact) mass is 559 g/mol. The van der Waals surface area contributed by atoms with Gasteiger partial charge in [-0.25, -0.2) is 0 Å². The van der Waals surface area contributed by atoms with Gasteiger partial charge in [0.15, 0.2) is 12.4 Å². The van der Waals surface area contributed by atoms with Crippen LogP contribution in [0.25, 0.3) is 0 Å². The van der Waals surface area contributed by atoms with Gasteiger partial charge in [0.2, 0.25) is 3.79 Å². The van der Waals surface area contributed by atoms with Gasteiger partial charge in [-0.2, -0.15) is 0 Å². The minimum atomic E-state index is -1.48. The van der Waals surface area contributed by atoms with E-state index in [-0.39, 0.29) is 17.7 Å². The summed E-state index contributed by atoms with van der Waals surface area (Å²) in [6.45, 7) is 1.42. The van der Waals surface area contributed by atoms with Crippen molar-refractivity contribution in [3.63, 3.8) is 0 Å². The molecule has 0 bridgehead atoms. The fourth-order valence-electron chi connectivity index (χ4n) is 1.95. The van der Waals surface area contributed by atoms with Crippen LogP contribution in [-0.4, -0.2) is 43.0 Å². The second kappa shape index (κ2) is 15.8. The molecule has 1 aromatic carbocycles. The van der Waals surface area contributed by atoms with Crippen LogP contribution in [0.5, 0.6) is 11.5 Å². The zero-order valence-corrected chi connectivity index (χ0v) is 21.0. The number of halogens is 7. The number of hydrogen-bond acceptors (Lipinski definition) is 5. The second-order valence-corrected chi connectivity index (χ2v) is 10.0. The number of alkyl halides is 3. The van der Waals surface area contributed by atoms with Gasteiger partial charge in [0.25, 0.3) is 0 Å². The molecule has 0 radical (unpaired) electrons. The molecule has 0 heterocycles. The molecule has 0 N–H and O–H groups in total. The minimum absolute atomic E-state index is 0.122. The molecule has 0 aliphatic carbocycles. The molecule has 12 heteroatoms. The predicted octanol–water partition coefficient (Wildman–Crippen LogP) is 7.63. The van der Waals surface area contributed by atoms with Crippen molar-refractivity contribution in [2.75, 3.05) is 33.0 Å². The molecular weight excluding hydrogens is 542 g/mol. The van der Waals surface area contributed by atoms with Crippen LogP contribution >= 0.6 is 81.2 Å². The van der Waals surface area contributed by atoms with E-state index in [4.69, 9.17) is 100 Å². The fraction of sp³-hybridized carbons (Fsp3) is 0.500. The first-order valence-corrected chi connectivity index (χ1v) is 11.4. The highest BCUT2D eigenvalue weighted by atomic mass is 35.6. The Balaban J connectivity index is 2.16. The Bertz CT molecular complexity index is 669. The van der Waals surface area contributed by atoms with Crippen molar-refractivity contribution in [2.45, 2.75) is 23.1 Å². The first-order chi connectivity index (χ1) is 14.2. The standard InChI is InChI=1S/C18H20Cl7NO4/c19-14-10-13(28-8-4-16(21)22)11-15(20)17(14)29-7-3-1-2-6-27-9-5-26-30-12-18(23,24)25/h4-5,10-11H,1-3,6-9,12H2/b26-5+. The number of ether oxygens (including phenoxy) is 3. The van der Waals surface area contributed by atoms with E-state index in [0.29, 0.717) is 41.4 Å². The maximum absolute atomic E-state index is 6.21. The van der Waals surface area contributed by atoms with Crippen LogP contribution in [0.1, 0.15) is 19.3 Å². The van der Waals surface area contributed by atoms with E-state index in [9.17, 15) is 0 Å². The van der Waals surface area contributed by atoms with E-state index < -0.39 is 3.79 Å². The number of unbranched alkanes of at least 4 members (excludes halogenated alkanes) is 2. The smallest absolute Gasteiger partial charge is 0.226 e. The van der Waals surface area contributed by atoms with Gasteiger partial charge in [-0.1, -0.05) is 86.4 Å². The molecule has 0 aromatic heterocycles. The number of benzene rings is 1. The summed E-state index contributed by atoms with van der Waals surface area (Å²) in [5.41, 5.74) is 0. The Morgan fingerprint density at radius 3 is 2.23 bits per heavy atom. The maximum Gasteiger partial charge on any atom is 0.226 e. The molecule has 0 unspecified atom stereocenters. The molecule has 0 fully saturated rings. The molecule has 1 rings (SSSR count). The van der Waals surface area contributed by atoms with Gasteiger partial charge in [-0.3, -0.25) is 0 Å². The molecular formula is C18H20Cl7NO4. The summed E-state index contributed by atoms with van der Waals surface area (Å²) >= 11 is 40.0. The van der Waals surface area contributed by atoms with Crippen molar-refractivity contribution in [3.8, 4) is 11.5 Å². The van der Waals surface area contributed by atoms with Crippen molar-refractivity contribution in [1.29, 1.82) is 0 Å². The lowest BCUT2D eigenvalue weighted by Gasteiger charge is -2.12. The second-order valence-electron chi connectivity index (χ2n) is 5.68. The lowest BCUT2D eigenvalue weighted by molar-refractivity contribution is 0.139. The number of nitrogens with zero attached hydrogens (tertiary/aromatic N) is 1. The van der Waals surface area contributed by atoms with Crippen molar-refractivity contribution in [3.05, 3.63) is 32.7 Å². The summed E-state index contributed by atoms with van der Waals surface area (Å²) in [5.74, 6) is 0.903. The number of hydrogen-bond donors (Lipinski definition) is 0. The fourth-order valence-corrected chi connectivity index (χ4v) is 2.79. The predicted molar refractivity (Wildman–Crippen MR) is 127 cm³/mol. The highest BCUT2D eigenvalue weighted by Crippen LogP contribution is 2.37. The number of rotatable bonds is 14. The summed E-state index contributed by atoms with van der Waals surface area (Å²) < 4.78 is 15.1. The molecule has 0 aliphatic heterocycles. The molecule has 1 aromatic rings. The van der Waals surface area contributed by atoms with Crippen molar-refractivity contribution in [1.82, 2.24) is 0 Å². The molecule has 0 saturated carbocycles. The van der Waals surface area contributed by atoms with Crippen molar-refractivity contribution in [2.24, 2.45) is 5.16 Å². The van der Waals surface area contributed by atoms with E-state index >= 15 is 0 Å². The van der Waals surface area contributed by atoms with Gasteiger partial charge in [0, 0.05) is 18.7 Å². The Labute approximate surface area is 211 Å². The zero-order chi connectivity index (χ0) is 22.4. The van der Waals surface area contributed by atoms with Gasteiger partial charge in [0.05, 0.1) is 29.5 Å². The lowest BCUT2D eigenvalue weighted by Crippen LogP contribution is -2.10. The molecule has 170 valence electrons. The molecule has 0 amide bonds.